The highest BCUT2D eigenvalue weighted by atomic mass is 16.1. The zero-order valence-electron chi connectivity index (χ0n) is 14.6. The topological polar surface area (TPSA) is 90.5 Å². The quantitative estimate of drug-likeness (QED) is 0.591. The van der Waals surface area contributed by atoms with Crippen LogP contribution in [-0.2, 0) is 6.54 Å². The largest absolute Gasteiger partial charge is 0.322 e. The van der Waals surface area contributed by atoms with Gasteiger partial charge in [0.15, 0.2) is 0 Å². The molecule has 4 rings (SSSR count). The average Bonchev–Trinajstić information content (AvgIpc) is 3.36. The van der Waals surface area contributed by atoms with E-state index < -0.39 is 0 Å². The molecule has 2 aromatic carbocycles. The van der Waals surface area contributed by atoms with Gasteiger partial charge in [0.25, 0.3) is 5.91 Å². The van der Waals surface area contributed by atoms with Crippen molar-refractivity contribution in [2.75, 3.05) is 5.32 Å². The summed E-state index contributed by atoms with van der Waals surface area (Å²) in [6, 6.07) is 15.6. The first-order chi connectivity index (χ1) is 13.2. The lowest BCUT2D eigenvalue weighted by Gasteiger charge is -2.09. The van der Waals surface area contributed by atoms with Crippen LogP contribution in [0.25, 0.3) is 5.69 Å². The Labute approximate surface area is 155 Å². The molecule has 0 radical (unpaired) electrons. The SMILES string of the molecule is Cc1ccc(-n2cnnn2)cc1NC(=O)c1cnn(Cc2ccccc2)c1. The zero-order chi connectivity index (χ0) is 18.6. The highest BCUT2D eigenvalue weighted by Gasteiger charge is 2.12. The fraction of sp³-hybridized carbons (Fsp3) is 0.105. The van der Waals surface area contributed by atoms with E-state index in [4.69, 9.17) is 0 Å². The van der Waals surface area contributed by atoms with E-state index in [1.54, 1.807) is 17.1 Å². The number of nitrogens with one attached hydrogen (secondary N) is 1. The molecular formula is C19H17N7O. The van der Waals surface area contributed by atoms with Gasteiger partial charge in [0.05, 0.1) is 24.0 Å². The highest BCUT2D eigenvalue weighted by molar-refractivity contribution is 6.04. The third-order valence-electron chi connectivity index (χ3n) is 4.17. The first kappa shape index (κ1) is 16.6. The molecule has 27 heavy (non-hydrogen) atoms. The number of hydrogen-bond donors (Lipinski definition) is 1. The number of anilines is 1. The monoisotopic (exact) mass is 359 g/mol. The molecule has 0 aliphatic heterocycles. The van der Waals surface area contributed by atoms with Crippen molar-refractivity contribution in [3.63, 3.8) is 0 Å². The minimum absolute atomic E-state index is 0.216. The summed E-state index contributed by atoms with van der Waals surface area (Å²) in [5, 5.41) is 18.3. The van der Waals surface area contributed by atoms with E-state index in [1.807, 2.05) is 55.5 Å². The van der Waals surface area contributed by atoms with Crippen LogP contribution in [0.2, 0.25) is 0 Å². The third-order valence-corrected chi connectivity index (χ3v) is 4.17. The van der Waals surface area contributed by atoms with Crippen molar-refractivity contribution in [2.45, 2.75) is 13.5 Å². The molecule has 8 nitrogen and oxygen atoms in total. The van der Waals surface area contributed by atoms with Crippen molar-refractivity contribution in [1.29, 1.82) is 0 Å². The van der Waals surface area contributed by atoms with Gasteiger partial charge in [0.1, 0.15) is 6.33 Å². The van der Waals surface area contributed by atoms with E-state index in [-0.39, 0.29) is 5.91 Å². The maximum atomic E-state index is 12.6. The number of benzene rings is 2. The van der Waals surface area contributed by atoms with Crippen LogP contribution in [0, 0.1) is 6.92 Å². The molecule has 1 amide bonds. The van der Waals surface area contributed by atoms with Gasteiger partial charge in [-0.05, 0) is 40.6 Å². The van der Waals surface area contributed by atoms with E-state index in [0.717, 1.165) is 16.8 Å². The van der Waals surface area contributed by atoms with Crippen LogP contribution in [0.5, 0.6) is 0 Å². The number of aromatic nitrogens is 6. The normalized spacial score (nSPS) is 10.7. The van der Waals surface area contributed by atoms with Crippen molar-refractivity contribution in [3.8, 4) is 5.69 Å². The minimum atomic E-state index is -0.216. The number of amides is 1. The van der Waals surface area contributed by atoms with E-state index in [2.05, 4.69) is 25.9 Å². The van der Waals surface area contributed by atoms with Crippen LogP contribution < -0.4 is 5.32 Å². The number of rotatable bonds is 5. The predicted octanol–water partition coefficient (Wildman–Crippen LogP) is 2.47. The first-order valence-electron chi connectivity index (χ1n) is 8.41. The predicted molar refractivity (Wildman–Crippen MR) is 99.6 cm³/mol. The maximum absolute atomic E-state index is 12.6. The molecule has 2 heterocycles. The molecule has 2 aromatic heterocycles. The van der Waals surface area contributed by atoms with E-state index in [1.165, 1.54) is 11.0 Å². The molecule has 134 valence electrons. The van der Waals surface area contributed by atoms with Gasteiger partial charge in [0, 0.05) is 11.9 Å². The maximum Gasteiger partial charge on any atom is 0.258 e. The fourth-order valence-corrected chi connectivity index (χ4v) is 2.70. The Morgan fingerprint density at radius 2 is 2.00 bits per heavy atom. The summed E-state index contributed by atoms with van der Waals surface area (Å²) >= 11 is 0. The Morgan fingerprint density at radius 1 is 1.15 bits per heavy atom. The minimum Gasteiger partial charge on any atom is -0.322 e. The summed E-state index contributed by atoms with van der Waals surface area (Å²) in [4.78, 5) is 12.6. The molecule has 8 heteroatoms. The average molecular weight is 359 g/mol. The van der Waals surface area contributed by atoms with E-state index in [9.17, 15) is 4.79 Å². The lowest BCUT2D eigenvalue weighted by molar-refractivity contribution is 0.102. The van der Waals surface area contributed by atoms with E-state index in [0.29, 0.717) is 17.8 Å². The second kappa shape index (κ2) is 7.20. The van der Waals surface area contributed by atoms with Gasteiger partial charge >= 0.3 is 0 Å². The molecular weight excluding hydrogens is 342 g/mol. The second-order valence-corrected chi connectivity index (χ2v) is 6.12. The summed E-state index contributed by atoms with van der Waals surface area (Å²) < 4.78 is 3.28. The van der Waals surface area contributed by atoms with Crippen LogP contribution in [0.3, 0.4) is 0 Å². The number of nitrogens with zero attached hydrogens (tertiary/aromatic N) is 6. The van der Waals surface area contributed by atoms with Crippen LogP contribution in [0.1, 0.15) is 21.5 Å². The molecule has 0 fully saturated rings. The van der Waals surface area contributed by atoms with Gasteiger partial charge in [-0.25, -0.2) is 4.68 Å². The molecule has 4 aromatic rings. The molecule has 0 bridgehead atoms. The Balaban J connectivity index is 1.50. The lowest BCUT2D eigenvalue weighted by Crippen LogP contribution is -2.12. The molecule has 0 atom stereocenters. The molecule has 0 unspecified atom stereocenters. The summed E-state index contributed by atoms with van der Waals surface area (Å²) in [7, 11) is 0. The number of tetrazole rings is 1. The van der Waals surface area contributed by atoms with Gasteiger partial charge in [-0.1, -0.05) is 36.4 Å². The summed E-state index contributed by atoms with van der Waals surface area (Å²) in [6.07, 6.45) is 4.81. The van der Waals surface area contributed by atoms with Gasteiger partial charge in [-0.15, -0.1) is 5.10 Å². The van der Waals surface area contributed by atoms with Crippen molar-refractivity contribution in [1.82, 2.24) is 30.0 Å². The molecule has 0 aliphatic carbocycles. The molecule has 0 aliphatic rings. The van der Waals surface area contributed by atoms with Crippen molar-refractivity contribution >= 4 is 11.6 Å². The molecule has 0 saturated heterocycles. The fourth-order valence-electron chi connectivity index (χ4n) is 2.70. The van der Waals surface area contributed by atoms with Crippen LogP contribution in [0.15, 0.2) is 67.3 Å². The lowest BCUT2D eigenvalue weighted by atomic mass is 10.1. The second-order valence-electron chi connectivity index (χ2n) is 6.12. The zero-order valence-corrected chi connectivity index (χ0v) is 14.6. The van der Waals surface area contributed by atoms with E-state index >= 15 is 0 Å². The first-order valence-corrected chi connectivity index (χ1v) is 8.41. The highest BCUT2D eigenvalue weighted by Crippen LogP contribution is 2.20. The van der Waals surface area contributed by atoms with Gasteiger partial charge in [0.2, 0.25) is 0 Å². The standard InChI is InChI=1S/C19H17N7O/c1-14-7-8-17(26-13-20-23-24-26)9-18(14)22-19(27)16-10-21-25(12-16)11-15-5-3-2-4-6-15/h2-10,12-13H,11H2,1H3,(H,22,27). The van der Waals surface area contributed by atoms with Crippen molar-refractivity contribution < 1.29 is 4.79 Å². The number of carbonyl (C=O) groups excluding carboxylic acids is 1. The van der Waals surface area contributed by atoms with Crippen LogP contribution >= 0.6 is 0 Å². The Bertz CT molecular complexity index is 1050. The third kappa shape index (κ3) is 3.74. The van der Waals surface area contributed by atoms with Gasteiger partial charge in [-0.3, -0.25) is 9.48 Å². The van der Waals surface area contributed by atoms with Gasteiger partial charge in [-0.2, -0.15) is 5.10 Å². The van der Waals surface area contributed by atoms with Crippen LogP contribution in [-0.4, -0.2) is 35.9 Å². The summed E-state index contributed by atoms with van der Waals surface area (Å²) in [6.45, 7) is 2.54. The number of aryl methyl sites for hydroxylation is 1. The summed E-state index contributed by atoms with van der Waals surface area (Å²) in [5.41, 5.74) is 4.03. The Morgan fingerprint density at radius 3 is 2.78 bits per heavy atom. The summed E-state index contributed by atoms with van der Waals surface area (Å²) in [5.74, 6) is -0.216. The molecule has 0 saturated carbocycles. The Kier molecular flexibility index (Phi) is 4.44. The number of hydrogen-bond acceptors (Lipinski definition) is 5. The van der Waals surface area contributed by atoms with Crippen molar-refractivity contribution in [2.24, 2.45) is 0 Å². The Hall–Kier alpha value is -3.81. The van der Waals surface area contributed by atoms with Gasteiger partial charge < -0.3 is 5.32 Å². The van der Waals surface area contributed by atoms with Crippen molar-refractivity contribution in [3.05, 3.63) is 83.9 Å². The van der Waals surface area contributed by atoms with Crippen LogP contribution in [0.4, 0.5) is 5.69 Å². The molecule has 1 N–H and O–H groups in total. The number of carbonyl (C=O) groups is 1. The smallest absolute Gasteiger partial charge is 0.258 e. The molecule has 0 spiro atoms.